The molecule has 1 rings (SSSR count). The van der Waals surface area contributed by atoms with E-state index in [0.29, 0.717) is 29.5 Å². The van der Waals surface area contributed by atoms with Crippen LogP contribution >= 0.6 is 15.9 Å². The second-order valence-corrected chi connectivity index (χ2v) is 6.22. The first-order valence-electron chi connectivity index (χ1n) is 6.13. The number of anilines is 1. The second-order valence-electron chi connectivity index (χ2n) is 5.37. The predicted molar refractivity (Wildman–Crippen MR) is 76.3 cm³/mol. The molecule has 0 amide bonds. The van der Waals surface area contributed by atoms with E-state index >= 15 is 0 Å². The quantitative estimate of drug-likeness (QED) is 0.792. The van der Waals surface area contributed by atoms with Crippen molar-refractivity contribution in [2.45, 2.75) is 32.9 Å². The number of hydrogen-bond acceptors (Lipinski definition) is 2. The van der Waals surface area contributed by atoms with Gasteiger partial charge in [-0.1, -0.05) is 13.8 Å². The molecule has 2 nitrogen and oxygen atoms in total. The van der Waals surface area contributed by atoms with E-state index in [-0.39, 0.29) is 5.41 Å². The maximum atomic E-state index is 12.7. The van der Waals surface area contributed by atoms with Crippen LogP contribution in [-0.2, 0) is 6.18 Å². The van der Waals surface area contributed by atoms with Crippen molar-refractivity contribution < 1.29 is 13.2 Å². The molecule has 0 aliphatic heterocycles. The van der Waals surface area contributed by atoms with Gasteiger partial charge in [-0.25, -0.2) is 0 Å². The van der Waals surface area contributed by atoms with Gasteiger partial charge in [0.25, 0.3) is 0 Å². The van der Waals surface area contributed by atoms with Crippen molar-refractivity contribution in [3.8, 4) is 6.07 Å². The van der Waals surface area contributed by atoms with Gasteiger partial charge in [0.05, 0.1) is 11.6 Å². The highest BCUT2D eigenvalue weighted by Gasteiger charge is 2.31. The summed E-state index contributed by atoms with van der Waals surface area (Å²) in [5, 5.41) is 11.6. The summed E-state index contributed by atoms with van der Waals surface area (Å²) in [7, 11) is 0. The minimum absolute atomic E-state index is 0.163. The fraction of sp³-hybridized carbons (Fsp3) is 0.500. The van der Waals surface area contributed by atoms with E-state index in [0.717, 1.165) is 12.1 Å². The Morgan fingerprint density at radius 2 is 1.95 bits per heavy atom. The zero-order valence-corrected chi connectivity index (χ0v) is 12.9. The number of hydrogen-bond donors (Lipinski definition) is 1. The van der Waals surface area contributed by atoms with Crippen LogP contribution in [0.3, 0.4) is 0 Å². The zero-order valence-electron chi connectivity index (χ0n) is 11.3. The minimum Gasteiger partial charge on any atom is -0.384 e. The van der Waals surface area contributed by atoms with Crippen LogP contribution in [0.4, 0.5) is 18.9 Å². The van der Waals surface area contributed by atoms with Crippen molar-refractivity contribution in [3.05, 3.63) is 28.2 Å². The molecule has 0 unspecified atom stereocenters. The van der Waals surface area contributed by atoms with Crippen LogP contribution in [0.2, 0.25) is 0 Å². The van der Waals surface area contributed by atoms with Crippen LogP contribution in [0.5, 0.6) is 0 Å². The van der Waals surface area contributed by atoms with Gasteiger partial charge in [0.15, 0.2) is 0 Å². The molecule has 0 fully saturated rings. The first-order valence-corrected chi connectivity index (χ1v) is 6.92. The van der Waals surface area contributed by atoms with E-state index in [9.17, 15) is 13.2 Å². The Hall–Kier alpha value is -1.22. The predicted octanol–water partition coefficient (Wildman–Crippen LogP) is 5.21. The number of nitrogens with one attached hydrogen (secondary N) is 1. The molecule has 1 N–H and O–H groups in total. The second kappa shape index (κ2) is 6.49. The van der Waals surface area contributed by atoms with E-state index in [1.165, 1.54) is 6.07 Å². The molecule has 1 aromatic rings. The van der Waals surface area contributed by atoms with Crippen molar-refractivity contribution in [1.29, 1.82) is 5.26 Å². The lowest BCUT2D eigenvalue weighted by molar-refractivity contribution is -0.137. The summed E-state index contributed by atoms with van der Waals surface area (Å²) in [6.07, 6.45) is -3.24. The fourth-order valence-corrected chi connectivity index (χ4v) is 2.04. The van der Waals surface area contributed by atoms with Crippen molar-refractivity contribution >= 4 is 21.6 Å². The number of halogens is 4. The number of benzene rings is 1. The lowest BCUT2D eigenvalue weighted by Crippen LogP contribution is -2.23. The Morgan fingerprint density at radius 1 is 1.30 bits per heavy atom. The lowest BCUT2D eigenvalue weighted by Gasteiger charge is -2.25. The molecule has 0 radical (unpaired) electrons. The molecule has 0 spiro atoms. The summed E-state index contributed by atoms with van der Waals surface area (Å²) in [5.74, 6) is 0. The fourth-order valence-electron chi connectivity index (χ4n) is 1.65. The number of nitriles is 1. The largest absolute Gasteiger partial charge is 0.416 e. The summed E-state index contributed by atoms with van der Waals surface area (Å²) in [4.78, 5) is 0. The maximum Gasteiger partial charge on any atom is 0.416 e. The van der Waals surface area contributed by atoms with Gasteiger partial charge < -0.3 is 5.32 Å². The summed E-state index contributed by atoms with van der Waals surface area (Å²) in [5.41, 5.74) is -0.438. The maximum absolute atomic E-state index is 12.7. The molecule has 0 bridgehead atoms. The smallest absolute Gasteiger partial charge is 0.384 e. The molecular formula is C14H16BrF3N2. The monoisotopic (exact) mass is 348 g/mol. The van der Waals surface area contributed by atoms with E-state index in [4.69, 9.17) is 5.26 Å². The van der Waals surface area contributed by atoms with Crippen LogP contribution in [0.15, 0.2) is 22.7 Å². The Labute approximate surface area is 125 Å². The lowest BCUT2D eigenvalue weighted by atomic mass is 9.88. The van der Waals surface area contributed by atoms with E-state index in [2.05, 4.69) is 27.3 Å². The van der Waals surface area contributed by atoms with Crippen LogP contribution in [0.25, 0.3) is 0 Å². The molecule has 0 saturated carbocycles. The van der Waals surface area contributed by atoms with Gasteiger partial charge in [-0.05, 0) is 46.0 Å². The highest BCUT2D eigenvalue weighted by Crippen LogP contribution is 2.34. The highest BCUT2D eigenvalue weighted by molar-refractivity contribution is 9.10. The van der Waals surface area contributed by atoms with Crippen LogP contribution in [-0.4, -0.2) is 6.54 Å². The molecule has 0 aliphatic rings. The van der Waals surface area contributed by atoms with Crippen LogP contribution < -0.4 is 5.32 Å². The number of nitrogens with zero attached hydrogens (tertiary/aromatic N) is 1. The Morgan fingerprint density at radius 3 is 2.50 bits per heavy atom. The Balaban J connectivity index is 2.80. The van der Waals surface area contributed by atoms with Gasteiger partial charge in [-0.3, -0.25) is 0 Å². The molecule has 0 atom stereocenters. The van der Waals surface area contributed by atoms with Gasteiger partial charge in [0.2, 0.25) is 0 Å². The van der Waals surface area contributed by atoms with Crippen molar-refractivity contribution in [2.75, 3.05) is 11.9 Å². The Kier molecular flexibility index (Phi) is 5.46. The van der Waals surface area contributed by atoms with Crippen molar-refractivity contribution in [1.82, 2.24) is 0 Å². The first kappa shape index (κ1) is 16.8. The molecule has 110 valence electrons. The highest BCUT2D eigenvalue weighted by atomic mass is 79.9. The standard InChI is InChI=1S/C14H16BrF3N2/c1-13(2,6-3-7-19)9-20-12-8-10(14(16,17)18)4-5-11(12)15/h4-5,8,20H,3,6,9H2,1-2H3. The van der Waals surface area contributed by atoms with E-state index in [1.807, 2.05) is 13.8 Å². The molecule has 20 heavy (non-hydrogen) atoms. The summed E-state index contributed by atoms with van der Waals surface area (Å²) in [6.45, 7) is 4.44. The average Bonchev–Trinajstić information content (AvgIpc) is 2.34. The molecule has 0 aromatic heterocycles. The first-order chi connectivity index (χ1) is 9.15. The van der Waals surface area contributed by atoms with Crippen LogP contribution in [0.1, 0.15) is 32.3 Å². The average molecular weight is 349 g/mol. The molecule has 0 aliphatic carbocycles. The van der Waals surface area contributed by atoms with Crippen molar-refractivity contribution in [3.63, 3.8) is 0 Å². The number of rotatable bonds is 5. The molecular weight excluding hydrogens is 333 g/mol. The molecule has 1 aromatic carbocycles. The summed E-state index contributed by atoms with van der Waals surface area (Å²) < 4.78 is 38.6. The zero-order chi connectivity index (χ0) is 15.4. The minimum atomic E-state index is -4.35. The van der Waals surface area contributed by atoms with E-state index < -0.39 is 11.7 Å². The summed E-state index contributed by atoms with van der Waals surface area (Å²) >= 11 is 3.24. The third-order valence-electron chi connectivity index (χ3n) is 2.96. The molecule has 6 heteroatoms. The SMILES string of the molecule is CC(C)(CCC#N)CNc1cc(C(F)(F)F)ccc1Br. The van der Waals surface area contributed by atoms with Gasteiger partial charge in [-0.2, -0.15) is 18.4 Å². The molecule has 0 heterocycles. The van der Waals surface area contributed by atoms with E-state index in [1.54, 1.807) is 0 Å². The summed E-state index contributed by atoms with van der Waals surface area (Å²) in [6, 6.07) is 5.58. The Bertz CT molecular complexity index is 504. The van der Waals surface area contributed by atoms with Gasteiger partial charge in [-0.15, -0.1) is 0 Å². The molecule has 0 saturated heterocycles. The van der Waals surface area contributed by atoms with Gasteiger partial charge in [0.1, 0.15) is 0 Å². The third kappa shape index (κ3) is 5.04. The van der Waals surface area contributed by atoms with Crippen molar-refractivity contribution in [2.24, 2.45) is 5.41 Å². The van der Waals surface area contributed by atoms with Crippen LogP contribution in [0, 0.1) is 16.7 Å². The van der Waals surface area contributed by atoms with Gasteiger partial charge >= 0.3 is 6.18 Å². The van der Waals surface area contributed by atoms with Gasteiger partial charge in [0, 0.05) is 23.1 Å². The topological polar surface area (TPSA) is 35.8 Å². The number of alkyl halides is 3. The normalized spacial score (nSPS) is 12.1. The third-order valence-corrected chi connectivity index (χ3v) is 3.66.